The van der Waals surface area contributed by atoms with E-state index in [-0.39, 0.29) is 11.9 Å². The molecule has 0 aromatic heterocycles. The summed E-state index contributed by atoms with van der Waals surface area (Å²) in [5.74, 6) is 0.155. The van der Waals surface area contributed by atoms with Gasteiger partial charge in [-0.2, -0.15) is 0 Å². The van der Waals surface area contributed by atoms with Crippen LogP contribution >= 0.6 is 0 Å². The lowest BCUT2D eigenvalue weighted by atomic mass is 9.73. The molecule has 0 bridgehead atoms. The summed E-state index contributed by atoms with van der Waals surface area (Å²) in [7, 11) is 0. The van der Waals surface area contributed by atoms with Gasteiger partial charge in [-0.1, -0.05) is 37.3 Å². The maximum atomic E-state index is 13.3. The Kier molecular flexibility index (Phi) is 6.45. The first kappa shape index (κ1) is 18.4. The molecule has 2 aliphatic heterocycles. The Bertz CT molecular complexity index is 537. The molecular formula is C20H30N2O3. The van der Waals surface area contributed by atoms with Gasteiger partial charge in [-0.05, 0) is 24.8 Å². The highest BCUT2D eigenvalue weighted by atomic mass is 16.5. The predicted octanol–water partition coefficient (Wildman–Crippen LogP) is 1.96. The zero-order chi connectivity index (χ0) is 17.5. The number of hydrogen-bond donors (Lipinski definition) is 1. The summed E-state index contributed by atoms with van der Waals surface area (Å²) in [6.45, 7) is 7.79. The molecule has 0 spiro atoms. The predicted molar refractivity (Wildman–Crippen MR) is 97.7 cm³/mol. The SMILES string of the molecule is CC[C@H](CN1CCOCC1)NC(=O)C1(c2ccccc2)CCOCC1. The van der Waals surface area contributed by atoms with Crippen LogP contribution < -0.4 is 5.32 Å². The number of carbonyl (C=O) groups is 1. The van der Waals surface area contributed by atoms with Crippen LogP contribution in [0.5, 0.6) is 0 Å². The van der Waals surface area contributed by atoms with Crippen LogP contribution in [0.3, 0.4) is 0 Å². The smallest absolute Gasteiger partial charge is 0.231 e. The van der Waals surface area contributed by atoms with E-state index < -0.39 is 5.41 Å². The van der Waals surface area contributed by atoms with Crippen LogP contribution in [0, 0.1) is 0 Å². The molecule has 0 unspecified atom stereocenters. The maximum Gasteiger partial charge on any atom is 0.231 e. The largest absolute Gasteiger partial charge is 0.381 e. The Hall–Kier alpha value is -1.43. The second kappa shape index (κ2) is 8.79. The molecule has 25 heavy (non-hydrogen) atoms. The van der Waals surface area contributed by atoms with E-state index in [1.807, 2.05) is 18.2 Å². The molecule has 5 nitrogen and oxygen atoms in total. The van der Waals surface area contributed by atoms with E-state index >= 15 is 0 Å². The van der Waals surface area contributed by atoms with Gasteiger partial charge in [-0.3, -0.25) is 9.69 Å². The molecule has 3 rings (SSSR count). The first-order chi connectivity index (χ1) is 12.2. The summed E-state index contributed by atoms with van der Waals surface area (Å²) in [5.41, 5.74) is 0.648. The van der Waals surface area contributed by atoms with Crippen LogP contribution in [-0.4, -0.2) is 62.9 Å². The molecule has 2 fully saturated rings. The van der Waals surface area contributed by atoms with E-state index in [0.29, 0.717) is 13.2 Å². The summed E-state index contributed by atoms with van der Waals surface area (Å²) in [6, 6.07) is 10.4. The van der Waals surface area contributed by atoms with Crippen LogP contribution in [0.4, 0.5) is 0 Å². The van der Waals surface area contributed by atoms with Crippen molar-refractivity contribution in [1.82, 2.24) is 10.2 Å². The van der Waals surface area contributed by atoms with E-state index in [1.165, 1.54) is 0 Å². The average molecular weight is 346 g/mol. The van der Waals surface area contributed by atoms with Crippen molar-refractivity contribution in [2.75, 3.05) is 46.1 Å². The summed E-state index contributed by atoms with van der Waals surface area (Å²) in [6.07, 6.45) is 2.43. The molecule has 2 aliphatic rings. The zero-order valence-corrected chi connectivity index (χ0v) is 15.2. The fourth-order valence-corrected chi connectivity index (χ4v) is 3.82. The highest BCUT2D eigenvalue weighted by Crippen LogP contribution is 2.35. The van der Waals surface area contributed by atoms with Crippen molar-refractivity contribution in [3.05, 3.63) is 35.9 Å². The molecule has 1 N–H and O–H groups in total. The minimum absolute atomic E-state index is 0.155. The van der Waals surface area contributed by atoms with Gasteiger partial charge in [0.25, 0.3) is 0 Å². The number of morpholine rings is 1. The van der Waals surface area contributed by atoms with Crippen LogP contribution in [0.25, 0.3) is 0 Å². The quantitative estimate of drug-likeness (QED) is 0.856. The van der Waals surface area contributed by atoms with Crippen LogP contribution in [-0.2, 0) is 19.7 Å². The Balaban J connectivity index is 1.71. The van der Waals surface area contributed by atoms with Gasteiger partial charge in [0.2, 0.25) is 5.91 Å². The summed E-state index contributed by atoms with van der Waals surface area (Å²) in [5, 5.41) is 3.35. The number of nitrogens with zero attached hydrogens (tertiary/aromatic N) is 1. The molecule has 1 atom stereocenters. The number of nitrogens with one attached hydrogen (secondary N) is 1. The van der Waals surface area contributed by atoms with Gasteiger partial charge in [-0.25, -0.2) is 0 Å². The molecular weight excluding hydrogens is 316 g/mol. The maximum absolute atomic E-state index is 13.3. The summed E-state index contributed by atoms with van der Waals surface area (Å²) >= 11 is 0. The lowest BCUT2D eigenvalue weighted by Crippen LogP contribution is -2.54. The summed E-state index contributed by atoms with van der Waals surface area (Å²) < 4.78 is 11.0. The van der Waals surface area contributed by atoms with Gasteiger partial charge in [0, 0.05) is 38.9 Å². The molecule has 1 amide bonds. The van der Waals surface area contributed by atoms with Gasteiger partial charge in [0.1, 0.15) is 0 Å². The minimum atomic E-state index is -0.460. The van der Waals surface area contributed by atoms with Crippen molar-refractivity contribution in [2.24, 2.45) is 0 Å². The Morgan fingerprint density at radius 2 is 1.76 bits per heavy atom. The Morgan fingerprint density at radius 3 is 2.40 bits per heavy atom. The average Bonchev–Trinajstić information content (AvgIpc) is 2.69. The Morgan fingerprint density at radius 1 is 1.12 bits per heavy atom. The van der Waals surface area contributed by atoms with E-state index in [2.05, 4.69) is 29.3 Å². The number of amides is 1. The van der Waals surface area contributed by atoms with Crippen molar-refractivity contribution >= 4 is 5.91 Å². The number of rotatable bonds is 6. The number of benzene rings is 1. The highest BCUT2D eigenvalue weighted by Gasteiger charge is 2.42. The molecule has 0 radical (unpaired) electrons. The standard InChI is InChI=1S/C20H30N2O3/c1-2-18(16-22-10-14-25-15-11-22)21-19(23)20(8-12-24-13-9-20)17-6-4-3-5-7-17/h3-7,18H,2,8-16H2,1H3,(H,21,23)/t18-/m1/s1. The van der Waals surface area contributed by atoms with E-state index in [1.54, 1.807) is 0 Å². The lowest BCUT2D eigenvalue weighted by molar-refractivity contribution is -0.131. The third-order valence-electron chi connectivity index (χ3n) is 5.52. The third kappa shape index (κ3) is 4.40. The monoisotopic (exact) mass is 346 g/mol. The number of hydrogen-bond acceptors (Lipinski definition) is 4. The van der Waals surface area contributed by atoms with Crippen molar-refractivity contribution in [3.8, 4) is 0 Å². The van der Waals surface area contributed by atoms with Crippen LogP contribution in [0.1, 0.15) is 31.7 Å². The van der Waals surface area contributed by atoms with Crippen molar-refractivity contribution in [3.63, 3.8) is 0 Å². The minimum Gasteiger partial charge on any atom is -0.381 e. The van der Waals surface area contributed by atoms with Gasteiger partial charge < -0.3 is 14.8 Å². The third-order valence-corrected chi connectivity index (χ3v) is 5.52. The van der Waals surface area contributed by atoms with Gasteiger partial charge in [0.05, 0.1) is 18.6 Å². The number of ether oxygens (including phenoxy) is 2. The lowest BCUT2D eigenvalue weighted by Gasteiger charge is -2.38. The molecule has 1 aromatic carbocycles. The Labute approximate surface area is 150 Å². The van der Waals surface area contributed by atoms with Crippen LogP contribution in [0.15, 0.2) is 30.3 Å². The molecule has 2 heterocycles. The van der Waals surface area contributed by atoms with Gasteiger partial charge in [0.15, 0.2) is 0 Å². The van der Waals surface area contributed by atoms with E-state index in [0.717, 1.165) is 57.7 Å². The van der Waals surface area contributed by atoms with E-state index in [4.69, 9.17) is 9.47 Å². The van der Waals surface area contributed by atoms with E-state index in [9.17, 15) is 4.79 Å². The van der Waals surface area contributed by atoms with Gasteiger partial charge >= 0.3 is 0 Å². The topological polar surface area (TPSA) is 50.8 Å². The fourth-order valence-electron chi connectivity index (χ4n) is 3.82. The van der Waals surface area contributed by atoms with Crippen molar-refractivity contribution in [2.45, 2.75) is 37.6 Å². The second-order valence-corrected chi connectivity index (χ2v) is 7.05. The van der Waals surface area contributed by atoms with Crippen molar-refractivity contribution in [1.29, 1.82) is 0 Å². The molecule has 0 aliphatic carbocycles. The van der Waals surface area contributed by atoms with Gasteiger partial charge in [-0.15, -0.1) is 0 Å². The first-order valence-electron chi connectivity index (χ1n) is 9.49. The van der Waals surface area contributed by atoms with Crippen molar-refractivity contribution < 1.29 is 14.3 Å². The molecule has 0 saturated carbocycles. The molecule has 2 saturated heterocycles. The summed E-state index contributed by atoms with van der Waals surface area (Å²) in [4.78, 5) is 15.7. The zero-order valence-electron chi connectivity index (χ0n) is 15.2. The highest BCUT2D eigenvalue weighted by molar-refractivity contribution is 5.88. The normalized spacial score (nSPS) is 22.3. The van der Waals surface area contributed by atoms with Crippen LogP contribution in [0.2, 0.25) is 0 Å². The molecule has 138 valence electrons. The fraction of sp³-hybridized carbons (Fsp3) is 0.650. The first-order valence-corrected chi connectivity index (χ1v) is 9.49. The second-order valence-electron chi connectivity index (χ2n) is 7.05. The molecule has 1 aromatic rings. The number of carbonyl (C=O) groups excluding carboxylic acids is 1. The molecule has 5 heteroatoms.